The summed E-state index contributed by atoms with van der Waals surface area (Å²) in [5.41, 5.74) is -0.203. The molecule has 1 aromatic carbocycles. The van der Waals surface area contributed by atoms with Crippen molar-refractivity contribution in [1.82, 2.24) is 4.57 Å². The summed E-state index contributed by atoms with van der Waals surface area (Å²) in [5, 5.41) is 22.1. The zero-order valence-electron chi connectivity index (χ0n) is 9.08. The lowest BCUT2D eigenvalue weighted by Crippen LogP contribution is -2.32. The van der Waals surface area contributed by atoms with Crippen LogP contribution in [-0.2, 0) is 11.3 Å². The minimum atomic E-state index is -1.60. The Morgan fingerprint density at radius 3 is 2.44 bits per heavy atom. The molecule has 0 bridgehead atoms. The maximum atomic E-state index is 11.0. The van der Waals surface area contributed by atoms with Crippen LogP contribution in [0.15, 0.2) is 24.3 Å². The molecule has 0 saturated carbocycles. The Balaban J connectivity index is 2.87. The molecule has 2 aromatic rings. The van der Waals surface area contributed by atoms with E-state index in [1.54, 1.807) is 12.1 Å². The summed E-state index contributed by atoms with van der Waals surface area (Å²) in [6.45, 7) is -0.655. The molecule has 92 valence electrons. The molecule has 0 aliphatic carbocycles. The molecule has 1 heterocycles. The van der Waals surface area contributed by atoms with E-state index in [0.29, 0.717) is 17.2 Å². The summed E-state index contributed by atoms with van der Waals surface area (Å²) in [4.78, 5) is 32.7. The van der Waals surface area contributed by atoms with Gasteiger partial charge >= 0.3 is 0 Å². The predicted molar refractivity (Wildman–Crippen MR) is 56.7 cm³/mol. The highest BCUT2D eigenvalue weighted by Crippen LogP contribution is 2.24. The van der Waals surface area contributed by atoms with Gasteiger partial charge in [-0.25, -0.2) is 0 Å². The van der Waals surface area contributed by atoms with Crippen molar-refractivity contribution in [2.75, 3.05) is 0 Å². The van der Waals surface area contributed by atoms with Crippen LogP contribution in [0, 0.1) is 0 Å². The van der Waals surface area contributed by atoms with Crippen LogP contribution in [-0.4, -0.2) is 22.8 Å². The van der Waals surface area contributed by atoms with E-state index in [1.165, 1.54) is 12.1 Å². The smallest absolute Gasteiger partial charge is 0.152 e. The van der Waals surface area contributed by atoms with Crippen LogP contribution in [0.3, 0.4) is 0 Å². The minimum absolute atomic E-state index is 0.0909. The molecule has 0 amide bonds. The van der Waals surface area contributed by atoms with Gasteiger partial charge in [0.1, 0.15) is 0 Å². The van der Waals surface area contributed by atoms with Gasteiger partial charge in [-0.15, -0.1) is 0 Å². The molecular formula is C12H7NO5-2. The second-order valence-electron chi connectivity index (χ2n) is 3.64. The topological polar surface area (TPSA) is 102 Å². The molecule has 0 aliphatic rings. The molecule has 0 unspecified atom stereocenters. The number of carboxylic acid groups (broad SMARTS) is 2. The highest BCUT2D eigenvalue weighted by molar-refractivity contribution is 6.08. The molecule has 6 heteroatoms. The van der Waals surface area contributed by atoms with Crippen molar-refractivity contribution in [3.8, 4) is 0 Å². The predicted octanol–water partition coefficient (Wildman–Crippen LogP) is -1.43. The standard InChI is InChI=1S/C12H9NO5/c14-6-8-7-3-1-2-4-9(7)13(5-10(15)16)11(8)12(17)18/h1-4,6H,5H2,(H,15,16)(H,17,18)/p-2. The van der Waals surface area contributed by atoms with Gasteiger partial charge in [0, 0.05) is 16.5 Å². The molecule has 2 rings (SSSR count). The average Bonchev–Trinajstić information content (AvgIpc) is 2.63. The fraction of sp³-hybridized carbons (Fsp3) is 0.0833. The number of aliphatic carboxylic acids is 1. The van der Waals surface area contributed by atoms with E-state index in [9.17, 15) is 24.6 Å². The number of hydrogen-bond donors (Lipinski definition) is 0. The van der Waals surface area contributed by atoms with Crippen molar-refractivity contribution in [3.05, 3.63) is 35.5 Å². The van der Waals surface area contributed by atoms with Crippen molar-refractivity contribution in [1.29, 1.82) is 0 Å². The van der Waals surface area contributed by atoms with Crippen molar-refractivity contribution >= 4 is 29.1 Å². The number of aromatic carboxylic acids is 1. The van der Waals surface area contributed by atoms with E-state index in [-0.39, 0.29) is 5.56 Å². The Morgan fingerprint density at radius 1 is 1.22 bits per heavy atom. The van der Waals surface area contributed by atoms with Crippen molar-refractivity contribution in [2.45, 2.75) is 6.54 Å². The van der Waals surface area contributed by atoms with Gasteiger partial charge in [-0.05, 0) is 6.07 Å². The van der Waals surface area contributed by atoms with Crippen LogP contribution in [0.4, 0.5) is 0 Å². The van der Waals surface area contributed by atoms with Gasteiger partial charge in [0.2, 0.25) is 0 Å². The first-order valence-corrected chi connectivity index (χ1v) is 5.04. The summed E-state index contributed by atoms with van der Waals surface area (Å²) >= 11 is 0. The molecule has 0 atom stereocenters. The number of rotatable bonds is 4. The van der Waals surface area contributed by atoms with Gasteiger partial charge < -0.3 is 24.4 Å². The van der Waals surface area contributed by atoms with E-state index in [1.807, 2.05) is 0 Å². The summed E-state index contributed by atoms with van der Waals surface area (Å²) in [6.07, 6.45) is 0.374. The van der Waals surface area contributed by atoms with E-state index in [4.69, 9.17) is 0 Å². The van der Waals surface area contributed by atoms with Crippen molar-refractivity contribution in [3.63, 3.8) is 0 Å². The summed E-state index contributed by atoms with van der Waals surface area (Å²) in [7, 11) is 0. The average molecular weight is 245 g/mol. The molecule has 0 N–H and O–H groups in total. The lowest BCUT2D eigenvalue weighted by Gasteiger charge is -2.12. The largest absolute Gasteiger partial charge is 0.548 e. The van der Waals surface area contributed by atoms with Crippen LogP contribution in [0.1, 0.15) is 20.8 Å². The molecule has 1 aromatic heterocycles. The third-order valence-corrected chi connectivity index (χ3v) is 2.61. The third-order valence-electron chi connectivity index (χ3n) is 2.61. The molecular weight excluding hydrogens is 238 g/mol. The van der Waals surface area contributed by atoms with E-state index in [0.717, 1.165) is 4.57 Å². The summed E-state index contributed by atoms with van der Waals surface area (Å²) in [6, 6.07) is 6.30. The summed E-state index contributed by atoms with van der Waals surface area (Å²) < 4.78 is 0.990. The Bertz CT molecular complexity index is 656. The zero-order chi connectivity index (χ0) is 13.3. The SMILES string of the molecule is O=Cc1c(C(=O)[O-])n(CC(=O)[O-])c2ccccc12. The number of carbonyl (C=O) groups is 3. The monoisotopic (exact) mass is 245 g/mol. The summed E-state index contributed by atoms with van der Waals surface area (Å²) in [5.74, 6) is -3.05. The van der Waals surface area contributed by atoms with E-state index < -0.39 is 24.2 Å². The molecule has 0 spiro atoms. The van der Waals surface area contributed by atoms with Crippen LogP contribution >= 0.6 is 0 Å². The second kappa shape index (κ2) is 4.33. The van der Waals surface area contributed by atoms with E-state index >= 15 is 0 Å². The fourth-order valence-electron chi connectivity index (χ4n) is 1.96. The number of benzene rings is 1. The molecule has 0 aliphatic heterocycles. The minimum Gasteiger partial charge on any atom is -0.548 e. The lowest BCUT2D eigenvalue weighted by atomic mass is 10.1. The van der Waals surface area contributed by atoms with E-state index in [2.05, 4.69) is 0 Å². The first kappa shape index (κ1) is 11.8. The van der Waals surface area contributed by atoms with Crippen LogP contribution in [0.25, 0.3) is 10.9 Å². The first-order valence-electron chi connectivity index (χ1n) is 5.04. The normalized spacial score (nSPS) is 10.4. The molecule has 18 heavy (non-hydrogen) atoms. The molecule has 0 radical (unpaired) electrons. The number of carboxylic acids is 2. The number of aromatic nitrogens is 1. The Morgan fingerprint density at radius 2 is 1.89 bits per heavy atom. The number of aldehydes is 1. The zero-order valence-corrected chi connectivity index (χ0v) is 9.08. The molecule has 0 fully saturated rings. The Kier molecular flexibility index (Phi) is 2.85. The highest BCUT2D eigenvalue weighted by atomic mass is 16.4. The lowest BCUT2D eigenvalue weighted by molar-refractivity contribution is -0.306. The van der Waals surface area contributed by atoms with Gasteiger partial charge in [0.05, 0.1) is 24.2 Å². The number of fused-ring (bicyclic) bond motifs is 1. The third kappa shape index (κ3) is 1.73. The number of para-hydroxylation sites is 1. The number of hydrogen-bond acceptors (Lipinski definition) is 5. The Hall–Kier alpha value is -2.63. The van der Waals surface area contributed by atoms with Gasteiger partial charge in [0.15, 0.2) is 6.29 Å². The van der Waals surface area contributed by atoms with Gasteiger partial charge in [-0.1, -0.05) is 18.2 Å². The second-order valence-corrected chi connectivity index (χ2v) is 3.64. The van der Waals surface area contributed by atoms with Crippen LogP contribution < -0.4 is 10.2 Å². The van der Waals surface area contributed by atoms with Gasteiger partial charge in [0.25, 0.3) is 0 Å². The number of carbonyl (C=O) groups excluding carboxylic acids is 3. The number of nitrogens with zero attached hydrogens (tertiary/aromatic N) is 1. The maximum Gasteiger partial charge on any atom is 0.152 e. The molecule has 0 saturated heterocycles. The van der Waals surface area contributed by atoms with Crippen molar-refractivity contribution < 1.29 is 24.6 Å². The van der Waals surface area contributed by atoms with Crippen LogP contribution in [0.5, 0.6) is 0 Å². The van der Waals surface area contributed by atoms with Gasteiger partial charge in [-0.3, -0.25) is 4.79 Å². The highest BCUT2D eigenvalue weighted by Gasteiger charge is 2.17. The van der Waals surface area contributed by atoms with Crippen LogP contribution in [0.2, 0.25) is 0 Å². The fourth-order valence-corrected chi connectivity index (χ4v) is 1.96. The molecule has 6 nitrogen and oxygen atoms in total. The van der Waals surface area contributed by atoms with Gasteiger partial charge in [-0.2, -0.15) is 0 Å². The Labute approximate surface area is 101 Å². The van der Waals surface area contributed by atoms with Crippen molar-refractivity contribution in [2.24, 2.45) is 0 Å². The first-order chi connectivity index (χ1) is 8.56. The quantitative estimate of drug-likeness (QED) is 0.614. The maximum absolute atomic E-state index is 11.0.